The Morgan fingerprint density at radius 1 is 1.14 bits per heavy atom. The molecule has 0 saturated carbocycles. The van der Waals surface area contributed by atoms with Crippen LogP contribution in [0.25, 0.3) is 0 Å². The Balaban J connectivity index is 1.42. The summed E-state index contributed by atoms with van der Waals surface area (Å²) >= 11 is 1.69. The Labute approximate surface area is 171 Å². The first-order valence-electron chi connectivity index (χ1n) is 10.1. The maximum atomic E-state index is 12.9. The van der Waals surface area contributed by atoms with Gasteiger partial charge in [-0.1, -0.05) is 36.8 Å². The van der Waals surface area contributed by atoms with Crippen molar-refractivity contribution in [2.75, 3.05) is 26.7 Å². The van der Waals surface area contributed by atoms with Gasteiger partial charge >= 0.3 is 0 Å². The largest absolute Gasteiger partial charge is 0.497 e. The van der Waals surface area contributed by atoms with Crippen molar-refractivity contribution in [2.24, 2.45) is 0 Å². The molecule has 0 aromatic heterocycles. The Morgan fingerprint density at radius 2 is 1.89 bits per heavy atom. The van der Waals surface area contributed by atoms with Crippen LogP contribution >= 0.6 is 11.8 Å². The van der Waals surface area contributed by atoms with E-state index < -0.39 is 0 Å². The smallest absolute Gasteiger partial charge is 0.233 e. The minimum Gasteiger partial charge on any atom is -0.497 e. The molecule has 5 heteroatoms. The number of carbonyl (C=O) groups is 1. The fourth-order valence-corrected chi connectivity index (χ4v) is 5.37. The lowest BCUT2D eigenvalue weighted by atomic mass is 10.0. The number of likely N-dealkylation sites (tertiary alicyclic amines) is 1. The molecule has 2 atom stereocenters. The van der Waals surface area contributed by atoms with Gasteiger partial charge in [-0.15, -0.1) is 11.8 Å². The summed E-state index contributed by atoms with van der Waals surface area (Å²) in [4.78, 5) is 16.6. The van der Waals surface area contributed by atoms with E-state index in [4.69, 9.17) is 4.74 Å². The second-order valence-electron chi connectivity index (χ2n) is 7.55. The summed E-state index contributed by atoms with van der Waals surface area (Å²) in [5, 5.41) is 3.23. The van der Waals surface area contributed by atoms with Crippen LogP contribution in [0.2, 0.25) is 0 Å². The van der Waals surface area contributed by atoms with Crippen LogP contribution in [0.3, 0.4) is 0 Å². The van der Waals surface area contributed by atoms with Crippen LogP contribution < -0.4 is 10.1 Å². The molecule has 0 bridgehead atoms. The molecule has 2 aromatic carbocycles. The normalized spacial score (nSPS) is 20.4. The zero-order chi connectivity index (χ0) is 19.3. The number of carbonyl (C=O) groups excluding carboxylic acids is 1. The number of nitrogens with zero attached hydrogens (tertiary/aromatic N) is 1. The van der Waals surface area contributed by atoms with Crippen LogP contribution in [0.4, 0.5) is 0 Å². The second kappa shape index (κ2) is 9.01. The standard InChI is InChI=1S/C23H28N2O2S/c1-27-19-11-9-17(10-12-19)20(25-13-5-2-6-14-25)16-24-23(26)22-15-18-7-3-4-8-21(18)28-22/h3-4,7-12,20,22H,2,5-6,13-16H2,1H3,(H,24,26)/t20-,22+/m1/s1. The van der Waals surface area contributed by atoms with Crippen molar-refractivity contribution in [3.8, 4) is 5.75 Å². The third kappa shape index (κ3) is 4.36. The molecule has 2 heterocycles. The zero-order valence-corrected chi connectivity index (χ0v) is 17.2. The highest BCUT2D eigenvalue weighted by atomic mass is 32.2. The maximum absolute atomic E-state index is 12.9. The Bertz CT molecular complexity index is 778. The predicted octanol–water partition coefficient (Wildman–Crippen LogP) is 4.06. The maximum Gasteiger partial charge on any atom is 0.233 e. The minimum absolute atomic E-state index is 0.0183. The van der Waals surface area contributed by atoms with Crippen LogP contribution in [-0.4, -0.2) is 42.8 Å². The van der Waals surface area contributed by atoms with E-state index in [-0.39, 0.29) is 17.2 Å². The second-order valence-corrected chi connectivity index (χ2v) is 8.79. The summed E-state index contributed by atoms with van der Waals surface area (Å²) < 4.78 is 5.30. The van der Waals surface area contributed by atoms with Gasteiger partial charge in [0.1, 0.15) is 5.75 Å². The first-order valence-corrected chi connectivity index (χ1v) is 11.0. The molecule has 28 heavy (non-hydrogen) atoms. The number of hydrogen-bond donors (Lipinski definition) is 1. The Hall–Kier alpha value is -1.98. The lowest BCUT2D eigenvalue weighted by Gasteiger charge is -2.35. The third-order valence-corrected chi connectivity index (χ3v) is 7.06. The molecule has 0 radical (unpaired) electrons. The molecule has 0 aliphatic carbocycles. The molecule has 1 amide bonds. The van der Waals surface area contributed by atoms with Gasteiger partial charge in [-0.05, 0) is 61.7 Å². The van der Waals surface area contributed by atoms with E-state index in [2.05, 4.69) is 40.5 Å². The van der Waals surface area contributed by atoms with Crippen LogP contribution in [0.1, 0.15) is 36.4 Å². The van der Waals surface area contributed by atoms with E-state index in [9.17, 15) is 4.79 Å². The number of hydrogen-bond acceptors (Lipinski definition) is 4. The summed E-state index contributed by atoms with van der Waals surface area (Å²) in [5.74, 6) is 1.02. The number of benzene rings is 2. The van der Waals surface area contributed by atoms with E-state index in [0.717, 1.165) is 25.3 Å². The number of ether oxygens (including phenoxy) is 1. The van der Waals surface area contributed by atoms with Gasteiger partial charge in [-0.2, -0.15) is 0 Å². The van der Waals surface area contributed by atoms with Crippen molar-refractivity contribution in [2.45, 2.75) is 41.9 Å². The highest BCUT2D eigenvalue weighted by Crippen LogP contribution is 2.37. The summed E-state index contributed by atoms with van der Waals surface area (Å²) in [5.41, 5.74) is 2.53. The van der Waals surface area contributed by atoms with E-state index >= 15 is 0 Å². The number of nitrogens with one attached hydrogen (secondary N) is 1. The Kier molecular flexibility index (Phi) is 6.23. The van der Waals surface area contributed by atoms with Gasteiger partial charge in [0.05, 0.1) is 18.4 Å². The molecule has 2 aliphatic heterocycles. The van der Waals surface area contributed by atoms with Crippen molar-refractivity contribution >= 4 is 17.7 Å². The first kappa shape index (κ1) is 19.3. The lowest BCUT2D eigenvalue weighted by molar-refractivity contribution is -0.120. The molecule has 4 nitrogen and oxygen atoms in total. The number of fused-ring (bicyclic) bond motifs is 1. The molecule has 0 spiro atoms. The average Bonchev–Trinajstić information content (AvgIpc) is 3.19. The van der Waals surface area contributed by atoms with Crippen LogP contribution in [-0.2, 0) is 11.2 Å². The quantitative estimate of drug-likeness (QED) is 0.800. The number of thioether (sulfide) groups is 1. The summed E-state index contributed by atoms with van der Waals surface area (Å²) in [6.07, 6.45) is 4.58. The van der Waals surface area contributed by atoms with E-state index in [1.165, 1.54) is 35.3 Å². The molecule has 2 aromatic rings. The van der Waals surface area contributed by atoms with Gasteiger partial charge in [0, 0.05) is 11.4 Å². The van der Waals surface area contributed by atoms with Crippen molar-refractivity contribution in [3.63, 3.8) is 0 Å². The van der Waals surface area contributed by atoms with Crippen LogP contribution in [0, 0.1) is 0 Å². The van der Waals surface area contributed by atoms with Gasteiger partial charge in [0.2, 0.25) is 5.91 Å². The first-order chi connectivity index (χ1) is 13.7. The molecule has 148 valence electrons. The molecule has 0 unspecified atom stereocenters. The minimum atomic E-state index is -0.0183. The molecule has 1 fully saturated rings. The molecular formula is C23H28N2O2S. The highest BCUT2D eigenvalue weighted by Gasteiger charge is 2.29. The van der Waals surface area contributed by atoms with Crippen molar-refractivity contribution in [1.29, 1.82) is 0 Å². The lowest BCUT2D eigenvalue weighted by Crippen LogP contribution is -2.42. The van der Waals surface area contributed by atoms with Gasteiger partial charge in [0.25, 0.3) is 0 Å². The number of rotatable bonds is 6. The number of amides is 1. The molecule has 4 rings (SSSR count). The number of piperidine rings is 1. The van der Waals surface area contributed by atoms with Crippen LogP contribution in [0.5, 0.6) is 5.75 Å². The van der Waals surface area contributed by atoms with Crippen LogP contribution in [0.15, 0.2) is 53.4 Å². The molecular weight excluding hydrogens is 368 g/mol. The van der Waals surface area contributed by atoms with Crippen molar-refractivity contribution < 1.29 is 9.53 Å². The van der Waals surface area contributed by atoms with Crippen molar-refractivity contribution in [3.05, 3.63) is 59.7 Å². The Morgan fingerprint density at radius 3 is 2.61 bits per heavy atom. The van der Waals surface area contributed by atoms with E-state index in [0.29, 0.717) is 6.54 Å². The van der Waals surface area contributed by atoms with Gasteiger partial charge in [0.15, 0.2) is 0 Å². The average molecular weight is 397 g/mol. The van der Waals surface area contributed by atoms with Crippen molar-refractivity contribution in [1.82, 2.24) is 10.2 Å². The van der Waals surface area contributed by atoms with Gasteiger partial charge in [-0.25, -0.2) is 0 Å². The summed E-state index contributed by atoms with van der Waals surface area (Å²) in [7, 11) is 1.69. The molecule has 1 N–H and O–H groups in total. The van der Waals surface area contributed by atoms with E-state index in [1.54, 1.807) is 18.9 Å². The fraction of sp³-hybridized carbons (Fsp3) is 0.435. The summed E-state index contributed by atoms with van der Waals surface area (Å²) in [6.45, 7) is 2.84. The molecule has 2 aliphatic rings. The SMILES string of the molecule is COc1ccc([C@@H](CNC(=O)[C@@H]2Cc3ccccc3S2)N2CCCCC2)cc1. The van der Waals surface area contributed by atoms with E-state index in [1.807, 2.05) is 18.2 Å². The fourth-order valence-electron chi connectivity index (χ4n) is 4.15. The molecule has 1 saturated heterocycles. The van der Waals surface area contributed by atoms with Gasteiger partial charge in [-0.3, -0.25) is 9.69 Å². The highest BCUT2D eigenvalue weighted by molar-refractivity contribution is 8.01. The number of methoxy groups -OCH3 is 1. The van der Waals surface area contributed by atoms with Gasteiger partial charge < -0.3 is 10.1 Å². The third-order valence-electron chi connectivity index (χ3n) is 5.74. The topological polar surface area (TPSA) is 41.6 Å². The predicted molar refractivity (Wildman–Crippen MR) is 114 cm³/mol. The monoisotopic (exact) mass is 396 g/mol. The zero-order valence-electron chi connectivity index (χ0n) is 16.4. The summed E-state index contributed by atoms with van der Waals surface area (Å²) in [6, 6.07) is 16.8.